The maximum absolute atomic E-state index is 6.59. The van der Waals surface area contributed by atoms with Gasteiger partial charge in [0.15, 0.2) is 0 Å². The van der Waals surface area contributed by atoms with Gasteiger partial charge in [0.25, 0.3) is 0 Å². The van der Waals surface area contributed by atoms with E-state index in [2.05, 4.69) is 71.1 Å². The molecule has 0 amide bonds. The molecule has 0 aliphatic rings. The SMILES string of the molecule is CC(C)CCC(C)O[Si](CI)(C(C)C)C(C)C. The lowest BCUT2D eigenvalue weighted by Gasteiger charge is -2.39. The Morgan fingerprint density at radius 1 is 0.882 bits per heavy atom. The summed E-state index contributed by atoms with van der Waals surface area (Å²) in [6.07, 6.45) is 2.93. The number of alkyl halides is 1. The highest BCUT2D eigenvalue weighted by atomic mass is 127. The first-order valence-corrected chi connectivity index (χ1v) is 10.8. The van der Waals surface area contributed by atoms with E-state index in [9.17, 15) is 0 Å². The van der Waals surface area contributed by atoms with Gasteiger partial charge in [-0.2, -0.15) is 0 Å². The lowest BCUT2D eigenvalue weighted by molar-refractivity contribution is 0.181. The molecule has 0 saturated heterocycles. The summed E-state index contributed by atoms with van der Waals surface area (Å²) in [4.78, 5) is 0. The van der Waals surface area contributed by atoms with Gasteiger partial charge in [0.2, 0.25) is 8.32 Å². The van der Waals surface area contributed by atoms with E-state index in [1.807, 2.05) is 0 Å². The maximum Gasteiger partial charge on any atom is 0.207 e. The van der Waals surface area contributed by atoms with Crippen LogP contribution in [0.15, 0.2) is 0 Å². The van der Waals surface area contributed by atoms with E-state index in [0.29, 0.717) is 17.2 Å². The van der Waals surface area contributed by atoms with E-state index < -0.39 is 8.32 Å². The first-order valence-electron chi connectivity index (χ1n) is 7.00. The summed E-state index contributed by atoms with van der Waals surface area (Å²) in [5.74, 6) is 0.787. The van der Waals surface area contributed by atoms with Gasteiger partial charge in [-0.25, -0.2) is 0 Å². The predicted octanol–water partition coefficient (Wildman–Crippen LogP) is 5.57. The van der Waals surface area contributed by atoms with Crippen LogP contribution in [-0.2, 0) is 4.43 Å². The average molecular weight is 370 g/mol. The molecule has 0 saturated carbocycles. The Kier molecular flexibility index (Phi) is 8.59. The van der Waals surface area contributed by atoms with E-state index in [1.165, 1.54) is 16.9 Å². The summed E-state index contributed by atoms with van der Waals surface area (Å²) in [7, 11) is -1.57. The van der Waals surface area contributed by atoms with Crippen LogP contribution in [-0.4, -0.2) is 18.5 Å². The third-order valence-corrected chi connectivity index (χ3v) is 12.5. The standard InChI is InChI=1S/C14H31IOSi/c1-11(2)8-9-14(7)16-17(10-15,12(3)4)13(5)6/h11-14H,8-10H2,1-7H3. The maximum atomic E-state index is 6.59. The highest BCUT2D eigenvalue weighted by Crippen LogP contribution is 2.36. The smallest absolute Gasteiger partial charge is 0.207 e. The average Bonchev–Trinajstić information content (AvgIpc) is 2.22. The number of hydrogen-bond donors (Lipinski definition) is 0. The zero-order valence-electron chi connectivity index (χ0n) is 12.7. The van der Waals surface area contributed by atoms with Gasteiger partial charge < -0.3 is 4.43 Å². The first-order chi connectivity index (χ1) is 7.76. The third-order valence-electron chi connectivity index (χ3n) is 3.73. The molecule has 0 bridgehead atoms. The van der Waals surface area contributed by atoms with Crippen molar-refractivity contribution in [1.82, 2.24) is 0 Å². The molecule has 0 aromatic carbocycles. The minimum Gasteiger partial charge on any atom is -0.413 e. The molecule has 3 heteroatoms. The summed E-state index contributed by atoms with van der Waals surface area (Å²) in [6, 6.07) is 0. The monoisotopic (exact) mass is 370 g/mol. The van der Waals surface area contributed by atoms with Crippen LogP contribution in [0.25, 0.3) is 0 Å². The summed E-state index contributed by atoms with van der Waals surface area (Å²) < 4.78 is 7.81. The van der Waals surface area contributed by atoms with Crippen molar-refractivity contribution in [2.45, 2.75) is 78.5 Å². The van der Waals surface area contributed by atoms with Gasteiger partial charge in [0, 0.05) is 10.2 Å². The Morgan fingerprint density at radius 2 is 1.35 bits per heavy atom. The van der Waals surface area contributed by atoms with E-state index in [4.69, 9.17) is 4.43 Å². The number of hydrogen-bond acceptors (Lipinski definition) is 1. The molecule has 0 aromatic heterocycles. The van der Waals surface area contributed by atoms with Gasteiger partial charge in [0.05, 0.1) is 0 Å². The molecule has 0 N–H and O–H groups in total. The van der Waals surface area contributed by atoms with Crippen LogP contribution in [0.3, 0.4) is 0 Å². The van der Waals surface area contributed by atoms with Crippen molar-refractivity contribution in [2.75, 3.05) is 4.05 Å². The van der Waals surface area contributed by atoms with Gasteiger partial charge in [-0.15, -0.1) is 0 Å². The van der Waals surface area contributed by atoms with Crippen molar-refractivity contribution in [2.24, 2.45) is 5.92 Å². The molecular weight excluding hydrogens is 339 g/mol. The Balaban J connectivity index is 4.53. The fourth-order valence-electron chi connectivity index (χ4n) is 2.28. The first kappa shape index (κ1) is 17.9. The van der Waals surface area contributed by atoms with E-state index in [0.717, 1.165) is 5.92 Å². The highest BCUT2D eigenvalue weighted by Gasteiger charge is 2.42. The molecule has 0 rings (SSSR count). The normalized spacial score (nSPS) is 15.0. The molecule has 0 aliphatic heterocycles. The fourth-order valence-corrected chi connectivity index (χ4v) is 11.5. The van der Waals surface area contributed by atoms with Crippen LogP contribution in [0, 0.1) is 5.92 Å². The van der Waals surface area contributed by atoms with E-state index >= 15 is 0 Å². The fraction of sp³-hybridized carbons (Fsp3) is 1.00. The Morgan fingerprint density at radius 3 is 1.65 bits per heavy atom. The second-order valence-electron chi connectivity index (χ2n) is 6.30. The summed E-state index contributed by atoms with van der Waals surface area (Å²) in [6.45, 7) is 16.2. The second-order valence-corrected chi connectivity index (χ2v) is 13.3. The molecule has 104 valence electrons. The van der Waals surface area contributed by atoms with Crippen LogP contribution in [0.4, 0.5) is 0 Å². The van der Waals surface area contributed by atoms with E-state index in [-0.39, 0.29) is 0 Å². The van der Waals surface area contributed by atoms with Crippen molar-refractivity contribution >= 4 is 30.9 Å². The molecule has 1 atom stereocenters. The van der Waals surface area contributed by atoms with Crippen molar-refractivity contribution in [3.8, 4) is 0 Å². The van der Waals surface area contributed by atoms with Crippen molar-refractivity contribution in [3.05, 3.63) is 0 Å². The summed E-state index contributed by atoms with van der Waals surface area (Å²) in [5, 5.41) is 0. The zero-order chi connectivity index (χ0) is 13.6. The molecule has 1 nitrogen and oxygen atoms in total. The molecule has 0 aliphatic carbocycles. The van der Waals surface area contributed by atoms with Gasteiger partial charge in [-0.05, 0) is 36.8 Å². The van der Waals surface area contributed by atoms with Gasteiger partial charge >= 0.3 is 0 Å². The predicted molar refractivity (Wildman–Crippen MR) is 89.5 cm³/mol. The Labute approximate surface area is 123 Å². The lowest BCUT2D eigenvalue weighted by Crippen LogP contribution is -2.49. The molecular formula is C14H31IOSi. The number of halogens is 1. The Bertz CT molecular complexity index is 196. The molecule has 0 fully saturated rings. The minimum absolute atomic E-state index is 0.434. The molecule has 0 heterocycles. The molecule has 0 radical (unpaired) electrons. The van der Waals surface area contributed by atoms with Gasteiger partial charge in [0.1, 0.15) is 0 Å². The summed E-state index contributed by atoms with van der Waals surface area (Å²) >= 11 is 2.54. The minimum atomic E-state index is -1.57. The van der Waals surface area contributed by atoms with Crippen LogP contribution in [0.5, 0.6) is 0 Å². The highest BCUT2D eigenvalue weighted by molar-refractivity contribution is 14.1. The molecule has 17 heavy (non-hydrogen) atoms. The van der Waals surface area contributed by atoms with Gasteiger partial charge in [-0.1, -0.05) is 64.1 Å². The third kappa shape index (κ3) is 5.60. The number of rotatable bonds is 8. The van der Waals surface area contributed by atoms with Crippen LogP contribution in [0.2, 0.25) is 11.1 Å². The van der Waals surface area contributed by atoms with Crippen LogP contribution in [0.1, 0.15) is 61.3 Å². The van der Waals surface area contributed by atoms with Crippen molar-refractivity contribution < 1.29 is 4.43 Å². The van der Waals surface area contributed by atoms with E-state index in [1.54, 1.807) is 0 Å². The largest absolute Gasteiger partial charge is 0.413 e. The molecule has 0 spiro atoms. The van der Waals surface area contributed by atoms with Crippen LogP contribution >= 0.6 is 22.6 Å². The van der Waals surface area contributed by atoms with Crippen molar-refractivity contribution in [3.63, 3.8) is 0 Å². The Hall–Kier alpha value is 0.907. The van der Waals surface area contributed by atoms with Gasteiger partial charge in [-0.3, -0.25) is 0 Å². The topological polar surface area (TPSA) is 9.23 Å². The second kappa shape index (κ2) is 8.15. The molecule has 1 unspecified atom stereocenters. The molecule has 0 aromatic rings. The van der Waals surface area contributed by atoms with Crippen LogP contribution < -0.4 is 0 Å². The van der Waals surface area contributed by atoms with Crippen molar-refractivity contribution in [1.29, 1.82) is 0 Å². The lowest BCUT2D eigenvalue weighted by atomic mass is 10.1. The summed E-state index contributed by atoms with van der Waals surface area (Å²) in [5.41, 5.74) is 1.42. The quantitative estimate of drug-likeness (QED) is 0.308. The zero-order valence-corrected chi connectivity index (χ0v) is 15.9.